The molecule has 0 rings (SSSR count). The highest BCUT2D eigenvalue weighted by atomic mass is 35.5. The molecule has 0 N–H and O–H groups in total. The molecule has 0 aliphatic rings. The van der Waals surface area contributed by atoms with Gasteiger partial charge in [0.2, 0.25) is 0 Å². The molecule has 0 radical (unpaired) electrons. The smallest absolute Gasteiger partial charge is 0.159 e. The van der Waals surface area contributed by atoms with Crippen LogP contribution in [-0.2, 0) is 15.3 Å². The Hall–Kier alpha value is 0.140. The minimum atomic E-state index is -1.18. The molecule has 0 saturated heterocycles. The van der Waals surface area contributed by atoms with Crippen LogP contribution in [0.1, 0.15) is 12.8 Å². The highest BCUT2D eigenvalue weighted by Crippen LogP contribution is 1.94. The lowest BCUT2D eigenvalue weighted by Crippen LogP contribution is -2.01. The van der Waals surface area contributed by atoms with Gasteiger partial charge in [-0.2, -0.15) is 0 Å². The number of hydrogen-bond donors (Lipinski definition) is 0. The van der Waals surface area contributed by atoms with Crippen LogP contribution >= 0.6 is 11.6 Å². The van der Waals surface area contributed by atoms with Crippen molar-refractivity contribution in [3.63, 3.8) is 0 Å². The van der Waals surface area contributed by atoms with Crippen molar-refractivity contribution in [1.29, 1.82) is 0 Å². The third-order valence-corrected chi connectivity index (χ3v) is 2.20. The first-order chi connectivity index (χ1) is 5.31. The third-order valence-electron chi connectivity index (χ3n) is 0.997. The van der Waals surface area contributed by atoms with Crippen LogP contribution in [0, 0.1) is 0 Å². The van der Waals surface area contributed by atoms with Gasteiger partial charge in [-0.25, -0.2) is 4.21 Å². The fraction of sp³-hybridized carbons (Fsp3) is 0.714. The van der Waals surface area contributed by atoms with Gasteiger partial charge in [0, 0.05) is 5.88 Å². The van der Waals surface area contributed by atoms with Crippen molar-refractivity contribution >= 4 is 22.7 Å². The first-order valence-electron chi connectivity index (χ1n) is 3.49. The molecule has 0 spiro atoms. The molecule has 1 atom stereocenters. The van der Waals surface area contributed by atoms with Crippen LogP contribution in [0.2, 0.25) is 0 Å². The predicted octanol–water partition coefficient (Wildman–Crippen LogP) is 1.87. The highest BCUT2D eigenvalue weighted by Gasteiger charge is 1.95. The number of rotatable bonds is 7. The van der Waals surface area contributed by atoms with Crippen molar-refractivity contribution in [2.75, 3.05) is 18.2 Å². The predicted molar refractivity (Wildman–Crippen MR) is 49.1 cm³/mol. The molecule has 1 unspecified atom stereocenters. The summed E-state index contributed by atoms with van der Waals surface area (Å²) in [6.07, 6.45) is 3.36. The van der Waals surface area contributed by atoms with Crippen molar-refractivity contribution < 1.29 is 8.39 Å². The minimum absolute atomic E-state index is 0.404. The zero-order chi connectivity index (χ0) is 8.53. The number of halogens is 1. The topological polar surface area (TPSA) is 26.3 Å². The number of hydrogen-bond acceptors (Lipinski definition) is 2. The van der Waals surface area contributed by atoms with Gasteiger partial charge < -0.3 is 0 Å². The summed E-state index contributed by atoms with van der Waals surface area (Å²) in [7, 11) is 0. The Morgan fingerprint density at radius 1 is 1.55 bits per heavy atom. The van der Waals surface area contributed by atoms with Crippen molar-refractivity contribution in [3.05, 3.63) is 12.7 Å². The second kappa shape index (κ2) is 8.24. The summed E-state index contributed by atoms with van der Waals surface area (Å²) in [6, 6.07) is 0. The Morgan fingerprint density at radius 3 is 2.82 bits per heavy atom. The highest BCUT2D eigenvalue weighted by molar-refractivity contribution is 7.80. The molecule has 0 aliphatic heterocycles. The molecule has 0 heterocycles. The molecule has 4 heteroatoms. The zero-order valence-corrected chi connectivity index (χ0v) is 8.00. The van der Waals surface area contributed by atoms with Crippen LogP contribution < -0.4 is 0 Å². The van der Waals surface area contributed by atoms with E-state index in [9.17, 15) is 4.21 Å². The van der Waals surface area contributed by atoms with Gasteiger partial charge in [0.1, 0.15) is 0 Å². The lowest BCUT2D eigenvalue weighted by Gasteiger charge is -1.98. The summed E-state index contributed by atoms with van der Waals surface area (Å²) >= 11 is 4.25. The van der Waals surface area contributed by atoms with Gasteiger partial charge in [0.15, 0.2) is 11.1 Å². The maximum Gasteiger partial charge on any atom is 0.159 e. The molecule has 0 aromatic carbocycles. The quantitative estimate of drug-likeness (QED) is 0.353. The Balaban J connectivity index is 3.10. The first kappa shape index (κ1) is 11.1. The molecule has 0 aromatic heterocycles. The van der Waals surface area contributed by atoms with E-state index in [1.54, 1.807) is 6.08 Å². The summed E-state index contributed by atoms with van der Waals surface area (Å²) in [5.41, 5.74) is 0. The van der Waals surface area contributed by atoms with Gasteiger partial charge >= 0.3 is 0 Å². The van der Waals surface area contributed by atoms with E-state index < -0.39 is 11.1 Å². The average Bonchev–Trinajstić information content (AvgIpc) is 1.99. The van der Waals surface area contributed by atoms with Crippen LogP contribution in [0.4, 0.5) is 0 Å². The minimum Gasteiger partial charge on any atom is -0.290 e. The van der Waals surface area contributed by atoms with Crippen LogP contribution in [0.3, 0.4) is 0 Å². The van der Waals surface area contributed by atoms with Gasteiger partial charge in [-0.05, 0) is 12.8 Å². The SMILES string of the molecule is C=CCS(=O)OCCCCCl. The second-order valence-corrected chi connectivity index (χ2v) is 3.53. The van der Waals surface area contributed by atoms with Crippen LogP contribution in [-0.4, -0.2) is 22.4 Å². The number of unbranched alkanes of at least 4 members (excludes halogenated alkanes) is 1. The molecule has 11 heavy (non-hydrogen) atoms. The van der Waals surface area contributed by atoms with E-state index in [2.05, 4.69) is 6.58 Å². The molecule has 66 valence electrons. The van der Waals surface area contributed by atoms with E-state index in [4.69, 9.17) is 15.8 Å². The Morgan fingerprint density at radius 2 is 2.27 bits per heavy atom. The second-order valence-electron chi connectivity index (χ2n) is 1.98. The lowest BCUT2D eigenvalue weighted by atomic mass is 10.4. The fourth-order valence-corrected chi connectivity index (χ4v) is 1.27. The molecular weight excluding hydrogens is 184 g/mol. The normalized spacial score (nSPS) is 12.8. The summed E-state index contributed by atoms with van der Waals surface area (Å²) in [5.74, 6) is 1.04. The Kier molecular flexibility index (Phi) is 8.34. The van der Waals surface area contributed by atoms with Crippen LogP contribution in [0.25, 0.3) is 0 Å². The molecule has 0 fully saturated rings. The monoisotopic (exact) mass is 196 g/mol. The lowest BCUT2D eigenvalue weighted by molar-refractivity contribution is 0.340. The first-order valence-corrected chi connectivity index (χ1v) is 5.27. The molecule has 0 aliphatic carbocycles. The molecular formula is C7H13ClO2S. The van der Waals surface area contributed by atoms with Crippen molar-refractivity contribution in [2.24, 2.45) is 0 Å². The molecule has 0 aromatic rings. The standard InChI is InChI=1S/C7H13ClO2S/c1-2-7-11(9)10-6-4-3-5-8/h2H,1,3-7H2. The summed E-state index contributed by atoms with van der Waals surface area (Å²) in [5, 5.41) is 0. The third kappa shape index (κ3) is 8.04. The van der Waals surface area contributed by atoms with E-state index in [-0.39, 0.29) is 0 Å². The van der Waals surface area contributed by atoms with E-state index in [0.717, 1.165) is 12.8 Å². The maximum atomic E-state index is 10.8. The molecule has 0 amide bonds. The van der Waals surface area contributed by atoms with Crippen molar-refractivity contribution in [1.82, 2.24) is 0 Å². The van der Waals surface area contributed by atoms with E-state index in [1.165, 1.54) is 0 Å². The van der Waals surface area contributed by atoms with Gasteiger partial charge in [0.05, 0.1) is 12.4 Å². The van der Waals surface area contributed by atoms with Gasteiger partial charge in [-0.3, -0.25) is 4.18 Å². The van der Waals surface area contributed by atoms with Crippen molar-refractivity contribution in [2.45, 2.75) is 12.8 Å². The zero-order valence-electron chi connectivity index (χ0n) is 6.42. The largest absolute Gasteiger partial charge is 0.290 e. The van der Waals surface area contributed by atoms with E-state index in [0.29, 0.717) is 18.2 Å². The summed E-state index contributed by atoms with van der Waals surface area (Å²) < 4.78 is 15.7. The maximum absolute atomic E-state index is 10.8. The molecule has 2 nitrogen and oxygen atoms in total. The van der Waals surface area contributed by atoms with Crippen molar-refractivity contribution in [3.8, 4) is 0 Å². The summed E-state index contributed by atoms with van der Waals surface area (Å²) in [6.45, 7) is 3.97. The van der Waals surface area contributed by atoms with Gasteiger partial charge in [-0.15, -0.1) is 18.2 Å². The van der Waals surface area contributed by atoms with Crippen LogP contribution in [0.15, 0.2) is 12.7 Å². The van der Waals surface area contributed by atoms with Crippen LogP contribution in [0.5, 0.6) is 0 Å². The number of alkyl halides is 1. The molecule has 0 saturated carbocycles. The fourth-order valence-electron chi connectivity index (χ4n) is 0.493. The van der Waals surface area contributed by atoms with E-state index >= 15 is 0 Å². The average molecular weight is 197 g/mol. The van der Waals surface area contributed by atoms with Gasteiger partial charge in [-0.1, -0.05) is 6.08 Å². The molecule has 0 bridgehead atoms. The Bertz CT molecular complexity index is 128. The van der Waals surface area contributed by atoms with Gasteiger partial charge in [0.25, 0.3) is 0 Å². The van der Waals surface area contributed by atoms with E-state index in [1.807, 2.05) is 0 Å². The summed E-state index contributed by atoms with van der Waals surface area (Å²) in [4.78, 5) is 0. The Labute approximate surface area is 75.2 Å².